The Morgan fingerprint density at radius 1 is 0.717 bits per heavy atom. The van der Waals surface area contributed by atoms with E-state index >= 15 is 0 Å². The number of para-hydroxylation sites is 4. The predicted octanol–water partition coefficient (Wildman–Crippen LogP) is 10.3. The summed E-state index contributed by atoms with van der Waals surface area (Å²) in [5.74, 6) is 0. The Labute approximate surface area is 266 Å². The van der Waals surface area contributed by atoms with Crippen molar-refractivity contribution in [1.29, 1.82) is 0 Å². The highest BCUT2D eigenvalue weighted by Gasteiger charge is 2.27. The molecule has 5 aromatic carbocycles. The van der Waals surface area contributed by atoms with Gasteiger partial charge in [0.05, 0.1) is 23.8 Å². The van der Waals surface area contributed by atoms with Gasteiger partial charge in [-0.2, -0.15) is 8.80 Å². The predicted molar refractivity (Wildman–Crippen MR) is 189 cm³/mol. The molecule has 0 spiro atoms. The highest BCUT2D eigenvalue weighted by molar-refractivity contribution is 6.21. The van der Waals surface area contributed by atoms with E-state index in [1.54, 1.807) is 0 Å². The highest BCUT2D eigenvalue weighted by Crippen LogP contribution is 2.38. The van der Waals surface area contributed by atoms with Crippen molar-refractivity contribution < 1.29 is 8.82 Å². The first-order chi connectivity index (χ1) is 22.4. The van der Waals surface area contributed by atoms with E-state index in [1.165, 1.54) is 21.9 Å². The Morgan fingerprint density at radius 3 is 2.39 bits per heavy atom. The zero-order valence-electron chi connectivity index (χ0n) is 26.0. The van der Waals surface area contributed by atoms with Crippen molar-refractivity contribution in [3.8, 4) is 5.69 Å². The van der Waals surface area contributed by atoms with Gasteiger partial charge in [0.1, 0.15) is 22.1 Å². The van der Waals surface area contributed by atoms with Crippen LogP contribution in [0.1, 0.15) is 26.3 Å². The lowest BCUT2D eigenvalue weighted by Crippen LogP contribution is -2.27. The minimum Gasteiger partial charge on any atom is -0.456 e. The molecule has 0 atom stereocenters. The van der Waals surface area contributed by atoms with Crippen molar-refractivity contribution in [3.63, 3.8) is 0 Å². The summed E-state index contributed by atoms with van der Waals surface area (Å²) < 4.78 is 13.8. The Hall–Kier alpha value is -5.81. The van der Waals surface area contributed by atoms with Crippen molar-refractivity contribution in [2.24, 2.45) is 0 Å². The molecule has 0 unspecified atom stereocenters. The third kappa shape index (κ3) is 4.05. The number of anilines is 2. The zero-order valence-corrected chi connectivity index (χ0v) is 26.0. The van der Waals surface area contributed by atoms with Gasteiger partial charge in [-0.25, -0.2) is 0 Å². The van der Waals surface area contributed by atoms with Gasteiger partial charge in [0.2, 0.25) is 0 Å². The van der Waals surface area contributed by atoms with Gasteiger partial charge in [0.15, 0.2) is 11.0 Å². The van der Waals surface area contributed by atoms with Crippen molar-refractivity contribution in [1.82, 2.24) is 8.97 Å². The molecule has 9 aromatic rings. The molecule has 4 heterocycles. The molecule has 0 saturated heterocycles. The molecule has 222 valence electrons. The van der Waals surface area contributed by atoms with E-state index < -0.39 is 0 Å². The normalized spacial score (nSPS) is 12.2. The molecule has 5 nitrogen and oxygen atoms in total. The molecule has 0 radical (unpaired) electrons. The average Bonchev–Trinajstić information content (AvgIpc) is 3.42. The second-order valence-electron chi connectivity index (χ2n) is 13.1. The minimum absolute atomic E-state index is 0.0110. The molecular formula is C41H33N4O+. The van der Waals surface area contributed by atoms with Crippen LogP contribution in [0.25, 0.3) is 60.7 Å². The van der Waals surface area contributed by atoms with E-state index in [2.05, 4.69) is 167 Å². The maximum Gasteiger partial charge on any atom is 0.292 e. The number of fused-ring (bicyclic) bond motifs is 8. The molecule has 4 aromatic heterocycles. The number of rotatable bonds is 3. The van der Waals surface area contributed by atoms with Crippen molar-refractivity contribution in [3.05, 3.63) is 145 Å². The standard InChI is InChI=1S/C41H33N4O/c1-41(2,3)27-22-23-43-36-26-44(35-19-10-8-17-33(35)42-28-12-5-4-6-13-28)29-14-11-15-30(25-29)46-37-21-20-32-31-16-7-9-18-34(31)45(38(43)24-27)40(32)39(36)37/h4-26,42H,1-3H3/q+1. The third-order valence-electron chi connectivity index (χ3n) is 9.14. The van der Waals surface area contributed by atoms with Crippen LogP contribution in [0.5, 0.6) is 0 Å². The topological polar surface area (TPSA) is 38.6 Å². The summed E-state index contributed by atoms with van der Waals surface area (Å²) in [6.07, 6.45) is 4.50. The van der Waals surface area contributed by atoms with E-state index in [-0.39, 0.29) is 5.41 Å². The number of hydrogen-bond acceptors (Lipinski definition) is 2. The van der Waals surface area contributed by atoms with E-state index in [1.807, 2.05) is 12.1 Å². The molecule has 2 bridgehead atoms. The molecule has 9 rings (SSSR count). The summed E-state index contributed by atoms with van der Waals surface area (Å²) in [6, 6.07) is 44.8. The van der Waals surface area contributed by atoms with Gasteiger partial charge in [0, 0.05) is 34.1 Å². The Morgan fingerprint density at radius 2 is 1.52 bits per heavy atom. The fourth-order valence-electron chi connectivity index (χ4n) is 6.88. The summed E-state index contributed by atoms with van der Waals surface area (Å²) in [6.45, 7) is 6.82. The summed E-state index contributed by atoms with van der Waals surface area (Å²) in [4.78, 5) is 0. The maximum absolute atomic E-state index is 6.78. The van der Waals surface area contributed by atoms with Crippen molar-refractivity contribution >= 4 is 66.4 Å². The smallest absolute Gasteiger partial charge is 0.292 e. The quantitative estimate of drug-likeness (QED) is 0.163. The average molecular weight is 598 g/mol. The largest absolute Gasteiger partial charge is 0.456 e. The molecule has 5 heteroatoms. The fraction of sp³-hybridized carbons (Fsp3) is 0.0976. The monoisotopic (exact) mass is 597 g/mol. The van der Waals surface area contributed by atoms with Crippen LogP contribution in [0.3, 0.4) is 0 Å². The maximum atomic E-state index is 6.78. The van der Waals surface area contributed by atoms with E-state index in [0.29, 0.717) is 0 Å². The first-order valence-corrected chi connectivity index (χ1v) is 15.8. The molecule has 0 aliphatic heterocycles. The first-order valence-electron chi connectivity index (χ1n) is 15.8. The van der Waals surface area contributed by atoms with Crippen LogP contribution in [0.4, 0.5) is 11.4 Å². The van der Waals surface area contributed by atoms with Crippen LogP contribution in [-0.2, 0) is 5.41 Å². The molecule has 0 aliphatic rings. The molecule has 0 fully saturated rings. The van der Waals surface area contributed by atoms with Gasteiger partial charge in [0.25, 0.3) is 5.65 Å². The molecule has 46 heavy (non-hydrogen) atoms. The summed E-state index contributed by atoms with van der Waals surface area (Å²) in [5.41, 5.74) is 11.5. The zero-order chi connectivity index (χ0) is 31.0. The molecule has 0 aliphatic carbocycles. The minimum atomic E-state index is -0.0110. The van der Waals surface area contributed by atoms with Crippen LogP contribution in [0.2, 0.25) is 0 Å². The van der Waals surface area contributed by atoms with Gasteiger partial charge < -0.3 is 14.3 Å². The summed E-state index contributed by atoms with van der Waals surface area (Å²) >= 11 is 0. The number of pyridine rings is 1. The number of nitrogens with one attached hydrogen (secondary N) is 1. The van der Waals surface area contributed by atoms with Gasteiger partial charge in [-0.1, -0.05) is 69.3 Å². The molecule has 0 amide bonds. The van der Waals surface area contributed by atoms with Crippen LogP contribution in [0, 0.1) is 0 Å². The Bertz CT molecular complexity index is 2650. The van der Waals surface area contributed by atoms with Crippen LogP contribution >= 0.6 is 0 Å². The molecular weight excluding hydrogens is 564 g/mol. The lowest BCUT2D eigenvalue weighted by Gasteiger charge is -2.18. The Kier molecular flexibility index (Phi) is 5.69. The summed E-state index contributed by atoms with van der Waals surface area (Å²) in [5, 5.41) is 7.17. The first kappa shape index (κ1) is 26.6. The van der Waals surface area contributed by atoms with Crippen LogP contribution in [-0.4, -0.2) is 8.97 Å². The fourth-order valence-corrected chi connectivity index (χ4v) is 6.88. The van der Waals surface area contributed by atoms with Gasteiger partial charge in [-0.05, 0) is 77.7 Å². The Balaban J connectivity index is 1.51. The van der Waals surface area contributed by atoms with Gasteiger partial charge >= 0.3 is 0 Å². The van der Waals surface area contributed by atoms with Crippen molar-refractivity contribution in [2.45, 2.75) is 26.2 Å². The van der Waals surface area contributed by atoms with E-state index in [0.717, 1.165) is 55.8 Å². The molecule has 0 saturated carbocycles. The second kappa shape index (κ2) is 9.85. The molecule has 1 N–H and O–H groups in total. The number of nitrogens with zero attached hydrogens (tertiary/aromatic N) is 3. The second-order valence-corrected chi connectivity index (χ2v) is 13.1. The lowest BCUT2D eigenvalue weighted by atomic mass is 9.88. The van der Waals surface area contributed by atoms with Gasteiger partial charge in [-0.3, -0.25) is 0 Å². The van der Waals surface area contributed by atoms with Crippen LogP contribution < -0.4 is 9.72 Å². The third-order valence-corrected chi connectivity index (χ3v) is 9.14. The number of hydrogen-bond donors (Lipinski definition) is 1. The number of aromatic nitrogens is 3. The van der Waals surface area contributed by atoms with Gasteiger partial charge in [-0.15, -0.1) is 0 Å². The lowest BCUT2D eigenvalue weighted by molar-refractivity contribution is -0.484. The number of benzene rings is 5. The van der Waals surface area contributed by atoms with E-state index in [9.17, 15) is 0 Å². The van der Waals surface area contributed by atoms with Crippen molar-refractivity contribution in [2.75, 3.05) is 5.32 Å². The van der Waals surface area contributed by atoms with Crippen LogP contribution in [0.15, 0.2) is 144 Å². The highest BCUT2D eigenvalue weighted by atomic mass is 16.3. The SMILES string of the molecule is CC(C)(C)c1cc[n+]2c3cn(-c4ccccc4Nc4ccccc4)c4cccc(c4)oc4ccc5c6ccccc6n(c5c43)c2c1. The van der Waals surface area contributed by atoms with E-state index in [4.69, 9.17) is 4.42 Å². The summed E-state index contributed by atoms with van der Waals surface area (Å²) in [7, 11) is 0.